The summed E-state index contributed by atoms with van der Waals surface area (Å²) in [6.07, 6.45) is 4.49. The van der Waals surface area contributed by atoms with Gasteiger partial charge in [-0.05, 0) is 32.6 Å². The number of hydrogen-bond donors (Lipinski definition) is 0. The second-order valence-electron chi connectivity index (χ2n) is 7.40. The quantitative estimate of drug-likeness (QED) is 0.821. The molecule has 1 aromatic rings. The third-order valence-electron chi connectivity index (χ3n) is 6.41. The minimum absolute atomic E-state index is 0.135. The van der Waals surface area contributed by atoms with Crippen molar-refractivity contribution in [3.05, 3.63) is 16.1 Å². The van der Waals surface area contributed by atoms with Gasteiger partial charge < -0.3 is 4.90 Å². The zero-order valence-electron chi connectivity index (χ0n) is 14.7. The van der Waals surface area contributed by atoms with Crippen molar-refractivity contribution in [2.24, 2.45) is 5.41 Å². The summed E-state index contributed by atoms with van der Waals surface area (Å²) in [5.41, 5.74) is 2.98. The number of thiazole rings is 1. The second-order valence-corrected chi connectivity index (χ2v) is 9.56. The number of nitrogens with zero attached hydrogens (tertiary/aromatic N) is 3. The fourth-order valence-electron chi connectivity index (χ4n) is 5.03. The minimum atomic E-state index is -0.135. The van der Waals surface area contributed by atoms with Gasteiger partial charge in [-0.25, -0.2) is 4.98 Å². The Labute approximate surface area is 153 Å². The highest BCUT2D eigenvalue weighted by atomic mass is 32.2. The topological polar surface area (TPSA) is 36.4 Å². The third-order valence-corrected chi connectivity index (χ3v) is 8.27. The lowest BCUT2D eigenvalue weighted by Gasteiger charge is -2.40. The standard InChI is InChI=1S/C18H27N3OS2/c1-3-18(17(22)20-6-8-23-9-7-20)10-14-4-5-16(18)21(14)11-15-13(2)19-12-24-15/h12,14,16H,3-11H2,1-2H3/t14-,16+,18+/m0/s1. The van der Waals surface area contributed by atoms with Gasteiger partial charge in [0.15, 0.2) is 0 Å². The van der Waals surface area contributed by atoms with Crippen LogP contribution in [-0.2, 0) is 11.3 Å². The molecule has 4 heterocycles. The number of aryl methyl sites for hydroxylation is 1. The molecule has 0 aliphatic carbocycles. The van der Waals surface area contributed by atoms with Crippen molar-refractivity contribution in [2.45, 2.75) is 58.2 Å². The number of thioether (sulfide) groups is 1. The van der Waals surface area contributed by atoms with E-state index in [1.165, 1.54) is 17.7 Å². The highest BCUT2D eigenvalue weighted by Crippen LogP contribution is 2.53. The van der Waals surface area contributed by atoms with Crippen LogP contribution < -0.4 is 0 Å². The fourth-order valence-corrected chi connectivity index (χ4v) is 6.72. The molecule has 24 heavy (non-hydrogen) atoms. The summed E-state index contributed by atoms with van der Waals surface area (Å²) in [5, 5.41) is 0. The van der Waals surface area contributed by atoms with Crippen LogP contribution in [0.2, 0.25) is 0 Å². The Bertz CT molecular complexity index is 613. The van der Waals surface area contributed by atoms with Crippen molar-refractivity contribution in [1.82, 2.24) is 14.8 Å². The molecule has 4 rings (SSSR count). The first-order chi connectivity index (χ1) is 11.7. The predicted octanol–water partition coefficient (Wildman–Crippen LogP) is 3.16. The number of carbonyl (C=O) groups excluding carboxylic acids is 1. The molecule has 0 unspecified atom stereocenters. The SMILES string of the molecule is CC[C@@]1(C(=O)N2CCSCC2)C[C@@H]2CC[C@H]1N2Cc1scnc1C. The number of carbonyl (C=O) groups is 1. The first-order valence-electron chi connectivity index (χ1n) is 9.17. The van der Waals surface area contributed by atoms with Gasteiger partial charge in [-0.15, -0.1) is 11.3 Å². The van der Waals surface area contributed by atoms with Gasteiger partial charge in [0.2, 0.25) is 5.91 Å². The van der Waals surface area contributed by atoms with Crippen LogP contribution in [0.4, 0.5) is 0 Å². The van der Waals surface area contributed by atoms with E-state index in [9.17, 15) is 4.79 Å². The van der Waals surface area contributed by atoms with E-state index in [1.807, 2.05) is 17.3 Å². The lowest BCUT2D eigenvalue weighted by molar-refractivity contribution is -0.144. The van der Waals surface area contributed by atoms with E-state index < -0.39 is 0 Å². The van der Waals surface area contributed by atoms with Gasteiger partial charge in [0, 0.05) is 48.1 Å². The van der Waals surface area contributed by atoms with Gasteiger partial charge in [0.1, 0.15) is 0 Å². The maximum atomic E-state index is 13.4. The Hall–Kier alpha value is -0.590. The van der Waals surface area contributed by atoms with Gasteiger partial charge in [-0.2, -0.15) is 11.8 Å². The molecular weight excluding hydrogens is 338 g/mol. The van der Waals surface area contributed by atoms with Crippen molar-refractivity contribution in [3.63, 3.8) is 0 Å². The van der Waals surface area contributed by atoms with Gasteiger partial charge in [0.25, 0.3) is 0 Å². The maximum Gasteiger partial charge on any atom is 0.230 e. The molecule has 0 aromatic carbocycles. The summed E-state index contributed by atoms with van der Waals surface area (Å²) in [5.74, 6) is 2.65. The number of hydrogen-bond acceptors (Lipinski definition) is 5. The van der Waals surface area contributed by atoms with Crippen molar-refractivity contribution in [1.29, 1.82) is 0 Å². The molecule has 6 heteroatoms. The molecule has 0 radical (unpaired) electrons. The summed E-state index contributed by atoms with van der Waals surface area (Å²) >= 11 is 3.74. The van der Waals surface area contributed by atoms with Gasteiger partial charge >= 0.3 is 0 Å². The normalized spacial score (nSPS) is 33.3. The molecule has 4 nitrogen and oxygen atoms in total. The van der Waals surface area contributed by atoms with Crippen LogP contribution in [0.25, 0.3) is 0 Å². The molecule has 1 amide bonds. The second kappa shape index (κ2) is 6.61. The summed E-state index contributed by atoms with van der Waals surface area (Å²) in [7, 11) is 0. The van der Waals surface area contributed by atoms with Gasteiger partial charge in [-0.1, -0.05) is 6.92 Å². The molecule has 3 fully saturated rings. The van der Waals surface area contributed by atoms with Crippen LogP contribution in [0.1, 0.15) is 43.2 Å². The summed E-state index contributed by atoms with van der Waals surface area (Å²) in [4.78, 5) is 24.0. The Balaban J connectivity index is 1.56. The molecule has 3 saturated heterocycles. The summed E-state index contributed by atoms with van der Waals surface area (Å²) in [6.45, 7) is 7.20. The minimum Gasteiger partial charge on any atom is -0.341 e. The first kappa shape index (κ1) is 16.9. The summed E-state index contributed by atoms with van der Waals surface area (Å²) < 4.78 is 0. The molecule has 3 atom stereocenters. The molecule has 0 spiro atoms. The number of aromatic nitrogens is 1. The highest BCUT2D eigenvalue weighted by Gasteiger charge is 2.59. The zero-order chi connectivity index (χ0) is 16.7. The molecule has 0 saturated carbocycles. The van der Waals surface area contributed by atoms with Crippen LogP contribution in [0.15, 0.2) is 5.51 Å². The van der Waals surface area contributed by atoms with E-state index in [2.05, 4.69) is 28.6 Å². The molecule has 132 valence electrons. The van der Waals surface area contributed by atoms with Crippen LogP contribution in [-0.4, -0.2) is 57.4 Å². The monoisotopic (exact) mass is 365 g/mol. The number of fused-ring (bicyclic) bond motifs is 2. The maximum absolute atomic E-state index is 13.4. The third kappa shape index (κ3) is 2.61. The van der Waals surface area contributed by atoms with E-state index >= 15 is 0 Å². The molecule has 1 aromatic heterocycles. The van der Waals surface area contributed by atoms with Crippen molar-refractivity contribution < 1.29 is 4.79 Å². The Kier molecular flexibility index (Phi) is 4.65. The first-order valence-corrected chi connectivity index (χ1v) is 11.2. The Morgan fingerprint density at radius 1 is 1.38 bits per heavy atom. The zero-order valence-corrected chi connectivity index (χ0v) is 16.3. The van der Waals surface area contributed by atoms with Crippen molar-refractivity contribution in [2.75, 3.05) is 24.6 Å². The van der Waals surface area contributed by atoms with Crippen molar-refractivity contribution >= 4 is 29.0 Å². The molecule has 3 aliphatic rings. The van der Waals surface area contributed by atoms with E-state index in [-0.39, 0.29) is 5.41 Å². The molecular formula is C18H27N3OS2. The van der Waals surface area contributed by atoms with Crippen LogP contribution in [0.3, 0.4) is 0 Å². The largest absolute Gasteiger partial charge is 0.341 e. The van der Waals surface area contributed by atoms with Gasteiger partial charge in [-0.3, -0.25) is 9.69 Å². The fraction of sp³-hybridized carbons (Fsp3) is 0.778. The number of amides is 1. The van der Waals surface area contributed by atoms with Crippen LogP contribution in [0.5, 0.6) is 0 Å². The van der Waals surface area contributed by atoms with Crippen LogP contribution in [0, 0.1) is 12.3 Å². The van der Waals surface area contributed by atoms with E-state index in [0.29, 0.717) is 18.0 Å². The average Bonchev–Trinajstić information content (AvgIpc) is 3.30. The number of rotatable bonds is 4. The van der Waals surface area contributed by atoms with Crippen LogP contribution >= 0.6 is 23.1 Å². The summed E-state index contributed by atoms with van der Waals surface area (Å²) in [6, 6.07) is 1.01. The highest BCUT2D eigenvalue weighted by molar-refractivity contribution is 7.99. The van der Waals surface area contributed by atoms with E-state index in [1.54, 1.807) is 11.3 Å². The Morgan fingerprint density at radius 2 is 2.17 bits per heavy atom. The van der Waals surface area contributed by atoms with E-state index in [4.69, 9.17) is 0 Å². The lowest BCUT2D eigenvalue weighted by Crippen LogP contribution is -2.52. The van der Waals surface area contributed by atoms with E-state index in [0.717, 1.165) is 49.7 Å². The lowest BCUT2D eigenvalue weighted by atomic mass is 9.70. The molecule has 0 N–H and O–H groups in total. The van der Waals surface area contributed by atoms with Crippen molar-refractivity contribution in [3.8, 4) is 0 Å². The Morgan fingerprint density at radius 3 is 2.83 bits per heavy atom. The predicted molar refractivity (Wildman–Crippen MR) is 100 cm³/mol. The average molecular weight is 366 g/mol. The molecule has 3 aliphatic heterocycles. The van der Waals surface area contributed by atoms with Gasteiger partial charge in [0.05, 0.1) is 16.6 Å². The smallest absolute Gasteiger partial charge is 0.230 e. The molecule has 2 bridgehead atoms.